The predicted octanol–water partition coefficient (Wildman–Crippen LogP) is 2.79. The molecule has 1 fully saturated rings. The van der Waals surface area contributed by atoms with Crippen LogP contribution < -0.4 is 0 Å². The molecule has 1 heterocycles. The molecule has 1 aromatic rings. The van der Waals surface area contributed by atoms with Gasteiger partial charge in [0.1, 0.15) is 6.33 Å². The van der Waals surface area contributed by atoms with Crippen molar-refractivity contribution in [2.45, 2.75) is 37.5 Å². The Morgan fingerprint density at radius 2 is 2.57 bits per heavy atom. The summed E-state index contributed by atoms with van der Waals surface area (Å²) in [6.45, 7) is 2.22. The number of aromatic amines is 1. The predicted molar refractivity (Wildman–Crippen MR) is 62.2 cm³/mol. The van der Waals surface area contributed by atoms with Crippen molar-refractivity contribution in [3.8, 4) is 0 Å². The molecule has 78 valence electrons. The summed E-state index contributed by atoms with van der Waals surface area (Å²) in [5.41, 5.74) is 0. The fourth-order valence-corrected chi connectivity index (χ4v) is 3.61. The maximum Gasteiger partial charge on any atom is 0.195 e. The minimum Gasteiger partial charge on any atom is -0.303 e. The number of nitrogens with one attached hydrogen (secondary N) is 1. The molecule has 0 radical (unpaired) electrons. The summed E-state index contributed by atoms with van der Waals surface area (Å²) in [4.78, 5) is 0. The van der Waals surface area contributed by atoms with Crippen LogP contribution in [0.1, 0.15) is 32.2 Å². The first-order valence-corrected chi connectivity index (χ1v) is 6.51. The molecule has 0 spiro atoms. The highest BCUT2D eigenvalue weighted by Crippen LogP contribution is 2.38. The van der Waals surface area contributed by atoms with Gasteiger partial charge in [0.2, 0.25) is 0 Å². The first kappa shape index (κ1) is 10.2. The SMILES string of the molecule is CCSC1CCCC1n1cn[nH]c1=S. The van der Waals surface area contributed by atoms with Gasteiger partial charge in [-0.15, -0.1) is 0 Å². The van der Waals surface area contributed by atoms with Gasteiger partial charge in [-0.2, -0.15) is 16.9 Å². The lowest BCUT2D eigenvalue weighted by molar-refractivity contribution is 0.521. The monoisotopic (exact) mass is 229 g/mol. The van der Waals surface area contributed by atoms with Crippen LogP contribution in [0.2, 0.25) is 0 Å². The smallest absolute Gasteiger partial charge is 0.195 e. The van der Waals surface area contributed by atoms with Gasteiger partial charge in [-0.25, -0.2) is 0 Å². The quantitative estimate of drug-likeness (QED) is 0.809. The Morgan fingerprint density at radius 1 is 1.71 bits per heavy atom. The topological polar surface area (TPSA) is 33.6 Å². The molecule has 2 atom stereocenters. The Kier molecular flexibility index (Phi) is 3.28. The molecule has 1 aliphatic carbocycles. The van der Waals surface area contributed by atoms with E-state index in [4.69, 9.17) is 12.2 Å². The molecule has 2 unspecified atom stereocenters. The second kappa shape index (κ2) is 4.49. The number of rotatable bonds is 3. The second-order valence-electron chi connectivity index (χ2n) is 3.56. The Hall–Kier alpha value is -0.290. The van der Waals surface area contributed by atoms with Gasteiger partial charge in [0.15, 0.2) is 4.77 Å². The third-order valence-electron chi connectivity index (χ3n) is 2.73. The number of nitrogens with zero attached hydrogens (tertiary/aromatic N) is 2. The van der Waals surface area contributed by atoms with Gasteiger partial charge in [0.25, 0.3) is 0 Å². The maximum atomic E-state index is 5.19. The summed E-state index contributed by atoms with van der Waals surface area (Å²) in [5.74, 6) is 1.19. The van der Waals surface area contributed by atoms with Gasteiger partial charge in [-0.1, -0.05) is 13.3 Å². The van der Waals surface area contributed by atoms with Gasteiger partial charge in [-0.3, -0.25) is 5.10 Å². The van der Waals surface area contributed by atoms with E-state index < -0.39 is 0 Å². The standard InChI is InChI=1S/C9H15N3S2/c1-2-14-8-5-3-4-7(8)12-6-10-11-9(12)13/h6-8H,2-5H2,1H3,(H,11,13). The van der Waals surface area contributed by atoms with Crippen LogP contribution in [0, 0.1) is 4.77 Å². The molecule has 0 aromatic carbocycles. The van der Waals surface area contributed by atoms with E-state index in [9.17, 15) is 0 Å². The third-order valence-corrected chi connectivity index (χ3v) is 4.35. The van der Waals surface area contributed by atoms with Gasteiger partial charge in [0.05, 0.1) is 0 Å². The first-order valence-electron chi connectivity index (χ1n) is 5.06. The van der Waals surface area contributed by atoms with Gasteiger partial charge in [0, 0.05) is 11.3 Å². The minimum atomic E-state index is 0.561. The molecule has 0 bridgehead atoms. The van der Waals surface area contributed by atoms with E-state index in [1.54, 1.807) is 0 Å². The Labute approximate surface area is 93.3 Å². The van der Waals surface area contributed by atoms with Crippen molar-refractivity contribution in [3.63, 3.8) is 0 Å². The molecule has 0 saturated heterocycles. The zero-order valence-electron chi connectivity index (χ0n) is 8.27. The van der Waals surface area contributed by atoms with Crippen LogP contribution in [0.5, 0.6) is 0 Å². The molecule has 0 amide bonds. The van der Waals surface area contributed by atoms with Crippen molar-refractivity contribution >= 4 is 24.0 Å². The fourth-order valence-electron chi connectivity index (χ4n) is 2.13. The van der Waals surface area contributed by atoms with E-state index >= 15 is 0 Å². The van der Waals surface area contributed by atoms with Crippen LogP contribution in [-0.2, 0) is 0 Å². The second-order valence-corrected chi connectivity index (χ2v) is 5.46. The molecular weight excluding hydrogens is 214 g/mol. The van der Waals surface area contributed by atoms with Crippen LogP contribution in [0.3, 0.4) is 0 Å². The first-order chi connectivity index (χ1) is 6.83. The molecule has 0 aliphatic heterocycles. The number of hydrogen-bond acceptors (Lipinski definition) is 3. The third kappa shape index (κ3) is 1.88. The van der Waals surface area contributed by atoms with Crippen molar-refractivity contribution in [1.29, 1.82) is 0 Å². The average molecular weight is 229 g/mol. The van der Waals surface area contributed by atoms with E-state index in [-0.39, 0.29) is 0 Å². The summed E-state index contributed by atoms with van der Waals surface area (Å²) >= 11 is 7.24. The normalized spacial score (nSPS) is 26.9. The lowest BCUT2D eigenvalue weighted by Gasteiger charge is -2.19. The van der Waals surface area contributed by atoms with E-state index in [1.165, 1.54) is 25.0 Å². The lowest BCUT2D eigenvalue weighted by Crippen LogP contribution is -2.15. The minimum absolute atomic E-state index is 0.561. The van der Waals surface area contributed by atoms with Gasteiger partial charge in [-0.05, 0) is 30.8 Å². The Bertz CT molecular complexity index is 344. The lowest BCUT2D eigenvalue weighted by atomic mass is 10.2. The number of H-pyrrole nitrogens is 1. The zero-order valence-corrected chi connectivity index (χ0v) is 9.90. The van der Waals surface area contributed by atoms with E-state index in [0.29, 0.717) is 6.04 Å². The average Bonchev–Trinajstić information content (AvgIpc) is 2.74. The molecule has 1 saturated carbocycles. The van der Waals surface area contributed by atoms with Crippen LogP contribution in [-0.4, -0.2) is 25.8 Å². The van der Waals surface area contributed by atoms with Crippen LogP contribution in [0.25, 0.3) is 0 Å². The van der Waals surface area contributed by atoms with Gasteiger partial charge < -0.3 is 4.57 Å². The van der Waals surface area contributed by atoms with E-state index in [1.807, 2.05) is 18.1 Å². The van der Waals surface area contributed by atoms with Crippen molar-refractivity contribution in [1.82, 2.24) is 14.8 Å². The molecule has 1 N–H and O–H groups in total. The maximum absolute atomic E-state index is 5.19. The zero-order chi connectivity index (χ0) is 9.97. The molecule has 14 heavy (non-hydrogen) atoms. The molecule has 1 aliphatic rings. The number of thioether (sulfide) groups is 1. The molecule has 3 nitrogen and oxygen atoms in total. The highest BCUT2D eigenvalue weighted by atomic mass is 32.2. The van der Waals surface area contributed by atoms with Crippen molar-refractivity contribution < 1.29 is 0 Å². The Balaban J connectivity index is 2.17. The summed E-state index contributed by atoms with van der Waals surface area (Å²) < 4.78 is 2.88. The van der Waals surface area contributed by atoms with Crippen LogP contribution in [0.4, 0.5) is 0 Å². The summed E-state index contributed by atoms with van der Waals surface area (Å²) in [6.07, 6.45) is 5.71. The van der Waals surface area contributed by atoms with Gasteiger partial charge >= 0.3 is 0 Å². The van der Waals surface area contributed by atoms with Crippen LogP contribution >= 0.6 is 24.0 Å². The highest BCUT2D eigenvalue weighted by Gasteiger charge is 2.28. The highest BCUT2D eigenvalue weighted by molar-refractivity contribution is 7.99. The van der Waals surface area contributed by atoms with Crippen molar-refractivity contribution in [2.75, 3.05) is 5.75 Å². The Morgan fingerprint density at radius 3 is 3.21 bits per heavy atom. The van der Waals surface area contributed by atoms with E-state index in [2.05, 4.69) is 21.7 Å². The number of hydrogen-bond donors (Lipinski definition) is 1. The summed E-state index contributed by atoms with van der Waals surface area (Å²) in [7, 11) is 0. The summed E-state index contributed by atoms with van der Waals surface area (Å²) in [5, 5.41) is 7.54. The number of aromatic nitrogens is 3. The van der Waals surface area contributed by atoms with Crippen LogP contribution in [0.15, 0.2) is 6.33 Å². The van der Waals surface area contributed by atoms with Crippen molar-refractivity contribution in [2.24, 2.45) is 0 Å². The van der Waals surface area contributed by atoms with Crippen molar-refractivity contribution in [3.05, 3.63) is 11.1 Å². The van der Waals surface area contributed by atoms with E-state index in [0.717, 1.165) is 10.0 Å². The molecule has 5 heteroatoms. The molecular formula is C9H15N3S2. The largest absolute Gasteiger partial charge is 0.303 e. The molecule has 1 aromatic heterocycles. The fraction of sp³-hybridized carbons (Fsp3) is 0.778. The summed E-state index contributed by atoms with van der Waals surface area (Å²) in [6, 6.07) is 0.561. The molecule has 2 rings (SSSR count).